The van der Waals surface area contributed by atoms with Gasteiger partial charge in [-0.25, -0.2) is 0 Å². The first-order valence-corrected chi connectivity index (χ1v) is 11.1. The van der Waals surface area contributed by atoms with Gasteiger partial charge < -0.3 is 0 Å². The van der Waals surface area contributed by atoms with Crippen molar-refractivity contribution in [2.24, 2.45) is 0 Å². The number of aromatic nitrogens is 2. The summed E-state index contributed by atoms with van der Waals surface area (Å²) in [7, 11) is 0. The molecule has 1 aliphatic heterocycles. The number of nitrogen functional groups attached to an aromatic ring is 1. The third-order valence-corrected chi connectivity index (χ3v) is 7.65. The summed E-state index contributed by atoms with van der Waals surface area (Å²) in [6, 6.07) is 2.00. The first-order chi connectivity index (χ1) is 11.3. The molecule has 0 radical (unpaired) electrons. The van der Waals surface area contributed by atoms with Crippen LogP contribution in [0, 0.1) is 0 Å². The molecule has 3 heterocycles. The van der Waals surface area contributed by atoms with Crippen molar-refractivity contribution in [3.63, 3.8) is 0 Å². The number of hydrogen-bond donors (Lipinski definition) is 2. The maximum absolute atomic E-state index is 12.4. The van der Waals surface area contributed by atoms with Crippen molar-refractivity contribution in [3.8, 4) is 0 Å². The number of aromatic amines is 1. The minimum absolute atomic E-state index is 0.000729. The topological polar surface area (TPSA) is 81.0 Å². The fraction of sp³-hybridized carbons (Fsp3) is 0.556. The van der Waals surface area contributed by atoms with E-state index in [4.69, 9.17) is 10.5 Å². The van der Waals surface area contributed by atoms with Crippen LogP contribution in [-0.4, -0.2) is 29.9 Å². The summed E-state index contributed by atoms with van der Waals surface area (Å²) in [5.41, 5.74) is 8.38. The zero-order valence-electron chi connectivity index (χ0n) is 14.4. The molecule has 1 fully saturated rings. The molecule has 24 heavy (non-hydrogen) atoms. The predicted molar refractivity (Wildman–Crippen MR) is 91.6 cm³/mol. The number of nitrogens with one attached hydrogen (secondary N) is 1. The van der Waals surface area contributed by atoms with Crippen LogP contribution in [-0.2, 0) is 9.53 Å². The average Bonchev–Trinajstić information content (AvgIpc) is 2.74. The Labute approximate surface area is 153 Å². The average molecular weight is 442 g/mol. The van der Waals surface area contributed by atoms with Gasteiger partial charge in [-0.3, -0.25) is 0 Å². The van der Waals surface area contributed by atoms with Crippen molar-refractivity contribution in [2.75, 3.05) is 10.2 Å². The summed E-state index contributed by atoms with van der Waals surface area (Å²) in [6.07, 6.45) is 6.82. The molecule has 5 nitrogen and oxygen atoms in total. The van der Waals surface area contributed by atoms with Gasteiger partial charge in [-0.1, -0.05) is 0 Å². The van der Waals surface area contributed by atoms with E-state index >= 15 is 0 Å². The zero-order chi connectivity index (χ0) is 17.3. The van der Waals surface area contributed by atoms with Crippen LogP contribution >= 0.6 is 0 Å². The van der Waals surface area contributed by atoms with Gasteiger partial charge in [0.05, 0.1) is 0 Å². The van der Waals surface area contributed by atoms with Crippen LogP contribution in [0.15, 0.2) is 18.5 Å². The summed E-state index contributed by atoms with van der Waals surface area (Å²) in [4.78, 5) is 20.0. The van der Waals surface area contributed by atoms with Gasteiger partial charge in [0.1, 0.15) is 0 Å². The Kier molecular flexibility index (Phi) is 5.03. The Morgan fingerprint density at radius 3 is 2.92 bits per heavy atom. The van der Waals surface area contributed by atoms with Gasteiger partial charge in [0.15, 0.2) is 0 Å². The number of carbonyl (C=O) groups excluding carboxylic acids is 1. The first-order valence-electron chi connectivity index (χ1n) is 8.36. The molecule has 0 saturated carbocycles. The van der Waals surface area contributed by atoms with E-state index in [1.165, 1.54) is 5.56 Å². The van der Waals surface area contributed by atoms with Gasteiger partial charge in [0.2, 0.25) is 0 Å². The van der Waals surface area contributed by atoms with Crippen LogP contribution in [0.4, 0.5) is 5.69 Å². The van der Waals surface area contributed by atoms with E-state index in [1.54, 1.807) is 6.20 Å². The molecule has 0 aliphatic carbocycles. The standard InChI is InChI=1S/C18H25IN3O2/c1-18(2,3)24-17(23)15-5-4-11(6-7-19-15)14-10-22-16-13(14)8-12(20)9-21-16/h8-11,15H,4-7,20H2,1-3H3,(H,21,22)/q-1. The Bertz CT molecular complexity index is 735. The third-order valence-electron chi connectivity index (χ3n) is 4.21. The van der Waals surface area contributed by atoms with Crippen LogP contribution in [0.3, 0.4) is 0 Å². The number of alkyl halides is 2. The molecule has 6 heteroatoms. The van der Waals surface area contributed by atoms with Crippen LogP contribution in [0.1, 0.15) is 51.5 Å². The fourth-order valence-electron chi connectivity index (χ4n) is 3.13. The number of esters is 1. The molecular weight excluding hydrogens is 417 g/mol. The minimum atomic E-state index is -0.396. The Morgan fingerprint density at radius 1 is 1.38 bits per heavy atom. The van der Waals surface area contributed by atoms with E-state index in [-0.39, 0.29) is 31.1 Å². The van der Waals surface area contributed by atoms with E-state index in [0.29, 0.717) is 11.6 Å². The predicted octanol–water partition coefficient (Wildman–Crippen LogP) is 0.212. The molecule has 0 spiro atoms. The molecule has 2 unspecified atom stereocenters. The Hall–Kier alpha value is -1.31. The molecule has 0 amide bonds. The molecule has 0 bridgehead atoms. The van der Waals surface area contributed by atoms with E-state index in [2.05, 4.69) is 16.2 Å². The van der Waals surface area contributed by atoms with Crippen molar-refractivity contribution in [1.29, 1.82) is 0 Å². The van der Waals surface area contributed by atoms with Crippen molar-refractivity contribution >= 4 is 22.7 Å². The number of carbonyl (C=O) groups is 1. The van der Waals surface area contributed by atoms with Gasteiger partial charge in [-0.2, -0.15) is 0 Å². The molecule has 0 aromatic carbocycles. The molecule has 2 aromatic heterocycles. The van der Waals surface area contributed by atoms with E-state index in [9.17, 15) is 4.79 Å². The third kappa shape index (κ3) is 4.02. The normalized spacial score (nSPS) is 22.6. The number of anilines is 1. The Morgan fingerprint density at radius 2 is 2.17 bits per heavy atom. The molecule has 1 aliphatic rings. The summed E-state index contributed by atoms with van der Waals surface area (Å²) >= 11 is -0.154. The Balaban J connectivity index is 1.73. The SMILES string of the molecule is CC(C)(C)OC(=O)C1CCC(c2c[nH]c3ncc(N)cc23)CC[I-]1. The number of pyridine rings is 1. The number of ether oxygens (including phenoxy) is 1. The number of H-pyrrole nitrogens is 1. The van der Waals surface area contributed by atoms with Gasteiger partial charge in [-0.15, -0.1) is 0 Å². The van der Waals surface area contributed by atoms with Gasteiger partial charge in [-0.05, 0) is 0 Å². The second-order valence-corrected chi connectivity index (χ2v) is 10.8. The van der Waals surface area contributed by atoms with E-state index < -0.39 is 5.60 Å². The molecule has 1 saturated heterocycles. The second-order valence-electron chi connectivity index (χ2n) is 7.32. The van der Waals surface area contributed by atoms with Crippen molar-refractivity contribution in [3.05, 3.63) is 24.0 Å². The van der Waals surface area contributed by atoms with Crippen LogP contribution < -0.4 is 26.9 Å². The molecular formula is C18H25IN3O2-. The zero-order valence-corrected chi connectivity index (χ0v) is 16.6. The molecule has 3 rings (SSSR count). The second kappa shape index (κ2) is 6.90. The monoisotopic (exact) mass is 442 g/mol. The van der Waals surface area contributed by atoms with Gasteiger partial charge >= 0.3 is 153 Å². The fourth-order valence-corrected chi connectivity index (χ4v) is 6.28. The summed E-state index contributed by atoms with van der Waals surface area (Å²) in [6.45, 7) is 5.81. The van der Waals surface area contributed by atoms with Crippen molar-refractivity contribution in [2.45, 2.75) is 55.5 Å². The number of nitrogens with two attached hydrogens (primary N) is 1. The van der Waals surface area contributed by atoms with Crippen LogP contribution in [0.2, 0.25) is 0 Å². The first kappa shape index (κ1) is 17.5. The summed E-state index contributed by atoms with van der Waals surface area (Å²) in [5, 5.41) is 1.12. The van der Waals surface area contributed by atoms with E-state index in [1.807, 2.05) is 26.8 Å². The van der Waals surface area contributed by atoms with Gasteiger partial charge in [0, 0.05) is 0 Å². The summed E-state index contributed by atoms with van der Waals surface area (Å²) in [5.74, 6) is 0.468. The van der Waals surface area contributed by atoms with Crippen molar-refractivity contribution in [1.82, 2.24) is 9.97 Å². The quantitative estimate of drug-likeness (QED) is 0.396. The molecule has 3 N–H and O–H groups in total. The van der Waals surface area contributed by atoms with Gasteiger partial charge in [0.25, 0.3) is 0 Å². The number of halogens is 1. The van der Waals surface area contributed by atoms with Crippen LogP contribution in [0.5, 0.6) is 0 Å². The van der Waals surface area contributed by atoms with Crippen molar-refractivity contribution < 1.29 is 30.7 Å². The number of nitrogens with zero attached hydrogens (tertiary/aromatic N) is 1. The number of hydrogen-bond acceptors (Lipinski definition) is 4. The molecule has 132 valence electrons. The summed E-state index contributed by atoms with van der Waals surface area (Å²) < 4.78 is 6.88. The van der Waals surface area contributed by atoms with E-state index in [0.717, 1.165) is 34.7 Å². The molecule has 2 atom stereocenters. The number of fused-ring (bicyclic) bond motifs is 1. The number of rotatable bonds is 2. The molecule has 2 aromatic rings. The maximum atomic E-state index is 12.4. The van der Waals surface area contributed by atoms with Crippen LogP contribution in [0.25, 0.3) is 11.0 Å².